The van der Waals surface area contributed by atoms with Crippen LogP contribution in [0.5, 0.6) is 0 Å². The number of carbonyl (C=O) groups is 1. The van der Waals surface area contributed by atoms with E-state index >= 15 is 0 Å². The van der Waals surface area contributed by atoms with Gasteiger partial charge in [-0.3, -0.25) is 0 Å². The first-order valence-electron chi connectivity index (χ1n) is 4.54. The third-order valence-corrected chi connectivity index (χ3v) is 3.04. The van der Waals surface area contributed by atoms with Gasteiger partial charge >= 0.3 is 0 Å². The lowest BCUT2D eigenvalue weighted by molar-refractivity contribution is -0.115. The first kappa shape index (κ1) is 8.76. The first-order chi connectivity index (χ1) is 5.07. The molecule has 0 bridgehead atoms. The van der Waals surface area contributed by atoms with E-state index < -0.39 is 0 Å². The predicted octanol–water partition coefficient (Wildman–Crippen LogP) is 2.65. The molecule has 0 N–H and O–H groups in total. The molecule has 0 aromatic heterocycles. The molecule has 1 aliphatic rings. The molecule has 64 valence electrons. The van der Waals surface area contributed by atoms with Crippen molar-refractivity contribution in [1.82, 2.24) is 0 Å². The second-order valence-corrected chi connectivity index (χ2v) is 4.52. The zero-order valence-electron chi connectivity index (χ0n) is 7.76. The third-order valence-electron chi connectivity index (χ3n) is 3.04. The maximum atomic E-state index is 10.7. The molecule has 0 amide bonds. The fourth-order valence-electron chi connectivity index (χ4n) is 1.99. The number of hydrogen-bond acceptors (Lipinski definition) is 1. The van der Waals surface area contributed by atoms with Crippen LogP contribution >= 0.6 is 0 Å². The van der Waals surface area contributed by atoms with Crippen LogP contribution in [-0.4, -0.2) is 6.29 Å². The molecule has 0 unspecified atom stereocenters. The van der Waals surface area contributed by atoms with Crippen molar-refractivity contribution in [3.63, 3.8) is 0 Å². The second kappa shape index (κ2) is 2.96. The topological polar surface area (TPSA) is 17.1 Å². The first-order valence-corrected chi connectivity index (χ1v) is 4.54. The van der Waals surface area contributed by atoms with E-state index in [1.165, 1.54) is 6.42 Å². The van der Waals surface area contributed by atoms with Crippen LogP contribution in [0.3, 0.4) is 0 Å². The van der Waals surface area contributed by atoms with Crippen LogP contribution < -0.4 is 0 Å². The van der Waals surface area contributed by atoms with Gasteiger partial charge in [0.05, 0.1) is 0 Å². The van der Waals surface area contributed by atoms with E-state index in [0.29, 0.717) is 0 Å². The highest BCUT2D eigenvalue weighted by molar-refractivity contribution is 5.59. The van der Waals surface area contributed by atoms with Crippen LogP contribution in [0.15, 0.2) is 0 Å². The van der Waals surface area contributed by atoms with Gasteiger partial charge in [-0.25, -0.2) is 0 Å². The Kier molecular flexibility index (Phi) is 2.36. The zero-order valence-corrected chi connectivity index (χ0v) is 7.76. The molecule has 0 aliphatic heterocycles. The van der Waals surface area contributed by atoms with Crippen LogP contribution in [0.2, 0.25) is 0 Å². The van der Waals surface area contributed by atoms with Crippen LogP contribution in [0, 0.1) is 17.3 Å². The predicted molar refractivity (Wildman–Crippen MR) is 46.4 cm³/mol. The quantitative estimate of drug-likeness (QED) is 0.559. The Morgan fingerprint density at radius 2 is 2.18 bits per heavy atom. The maximum absolute atomic E-state index is 10.7. The van der Waals surface area contributed by atoms with Crippen molar-refractivity contribution < 1.29 is 4.79 Å². The molecule has 1 nitrogen and oxygen atoms in total. The van der Waals surface area contributed by atoms with Crippen molar-refractivity contribution in [2.45, 2.75) is 40.0 Å². The zero-order chi connectivity index (χ0) is 8.48. The van der Waals surface area contributed by atoms with Gasteiger partial charge in [0.25, 0.3) is 0 Å². The lowest BCUT2D eigenvalue weighted by atomic mass is 9.87. The standard InChI is InChI=1S/C10H18O/c1-8(2)9-4-5-10(3,6-9)7-11/h7-9H,4-6H2,1-3H3/t9-,10-/m1/s1. The van der Waals surface area contributed by atoms with Crippen molar-refractivity contribution in [2.75, 3.05) is 0 Å². The summed E-state index contributed by atoms with van der Waals surface area (Å²) in [5, 5.41) is 0. The second-order valence-electron chi connectivity index (χ2n) is 4.52. The molecule has 0 radical (unpaired) electrons. The van der Waals surface area contributed by atoms with Gasteiger partial charge in [0, 0.05) is 5.41 Å². The van der Waals surface area contributed by atoms with Gasteiger partial charge in [0.15, 0.2) is 0 Å². The maximum Gasteiger partial charge on any atom is 0.125 e. The molecule has 0 heterocycles. The Labute approximate surface area is 69.2 Å². The number of carbonyl (C=O) groups excluding carboxylic acids is 1. The van der Waals surface area contributed by atoms with Gasteiger partial charge in [-0.2, -0.15) is 0 Å². The highest BCUT2D eigenvalue weighted by Gasteiger charge is 2.35. The summed E-state index contributed by atoms with van der Waals surface area (Å²) in [4.78, 5) is 10.7. The summed E-state index contributed by atoms with van der Waals surface area (Å²) in [7, 11) is 0. The van der Waals surface area contributed by atoms with E-state index in [9.17, 15) is 4.79 Å². The van der Waals surface area contributed by atoms with E-state index in [2.05, 4.69) is 20.8 Å². The Hall–Kier alpha value is -0.330. The van der Waals surface area contributed by atoms with Crippen molar-refractivity contribution in [1.29, 1.82) is 0 Å². The monoisotopic (exact) mass is 154 g/mol. The highest BCUT2D eigenvalue weighted by atomic mass is 16.1. The van der Waals surface area contributed by atoms with E-state index in [0.717, 1.165) is 31.0 Å². The smallest absolute Gasteiger partial charge is 0.125 e. The number of rotatable bonds is 2. The normalized spacial score (nSPS) is 38.0. The van der Waals surface area contributed by atoms with Crippen molar-refractivity contribution in [3.8, 4) is 0 Å². The average molecular weight is 154 g/mol. The molecule has 1 rings (SSSR count). The molecule has 0 spiro atoms. The van der Waals surface area contributed by atoms with E-state index in [1.807, 2.05) is 0 Å². The van der Waals surface area contributed by atoms with Gasteiger partial charge in [-0.05, 0) is 31.1 Å². The largest absolute Gasteiger partial charge is 0.303 e. The van der Waals surface area contributed by atoms with Gasteiger partial charge in [-0.1, -0.05) is 20.8 Å². The Balaban J connectivity index is 2.52. The van der Waals surface area contributed by atoms with Crippen LogP contribution in [-0.2, 0) is 4.79 Å². The summed E-state index contributed by atoms with van der Waals surface area (Å²) in [6.45, 7) is 6.59. The van der Waals surface area contributed by atoms with Crippen LogP contribution in [0.4, 0.5) is 0 Å². The number of hydrogen-bond donors (Lipinski definition) is 0. The average Bonchev–Trinajstić information content (AvgIpc) is 2.33. The molecule has 1 heteroatoms. The molecule has 1 aliphatic carbocycles. The molecule has 2 atom stereocenters. The molecular weight excluding hydrogens is 136 g/mol. The highest BCUT2D eigenvalue weighted by Crippen LogP contribution is 2.42. The third kappa shape index (κ3) is 1.82. The summed E-state index contributed by atoms with van der Waals surface area (Å²) in [6.07, 6.45) is 4.59. The van der Waals surface area contributed by atoms with Gasteiger partial charge in [-0.15, -0.1) is 0 Å². The summed E-state index contributed by atoms with van der Waals surface area (Å²) >= 11 is 0. The fourth-order valence-corrected chi connectivity index (χ4v) is 1.99. The van der Waals surface area contributed by atoms with E-state index in [4.69, 9.17) is 0 Å². The van der Waals surface area contributed by atoms with Gasteiger partial charge in [0.1, 0.15) is 6.29 Å². The Bertz CT molecular complexity index is 151. The summed E-state index contributed by atoms with van der Waals surface area (Å²) in [6, 6.07) is 0. The molecule has 11 heavy (non-hydrogen) atoms. The summed E-state index contributed by atoms with van der Waals surface area (Å²) in [5.41, 5.74) is 0.00887. The summed E-state index contributed by atoms with van der Waals surface area (Å²) in [5.74, 6) is 1.53. The Morgan fingerprint density at radius 3 is 2.45 bits per heavy atom. The lowest BCUT2D eigenvalue weighted by Crippen LogP contribution is -2.14. The molecule has 1 saturated carbocycles. The Morgan fingerprint density at radius 1 is 1.55 bits per heavy atom. The molecule has 0 aromatic rings. The lowest BCUT2D eigenvalue weighted by Gasteiger charge is -2.17. The van der Waals surface area contributed by atoms with Crippen LogP contribution in [0.1, 0.15) is 40.0 Å². The SMILES string of the molecule is CC(C)[C@@H]1CC[C@@](C)(C=O)C1. The molecular formula is C10H18O. The number of aldehydes is 1. The summed E-state index contributed by atoms with van der Waals surface area (Å²) < 4.78 is 0. The van der Waals surface area contributed by atoms with Crippen molar-refractivity contribution in [2.24, 2.45) is 17.3 Å². The van der Waals surface area contributed by atoms with Gasteiger partial charge in [0.2, 0.25) is 0 Å². The minimum Gasteiger partial charge on any atom is -0.303 e. The fraction of sp³-hybridized carbons (Fsp3) is 0.900. The molecule has 0 aromatic carbocycles. The minimum absolute atomic E-state index is 0.00887. The van der Waals surface area contributed by atoms with Crippen molar-refractivity contribution in [3.05, 3.63) is 0 Å². The van der Waals surface area contributed by atoms with Crippen LogP contribution in [0.25, 0.3) is 0 Å². The molecule has 0 saturated heterocycles. The van der Waals surface area contributed by atoms with E-state index in [1.54, 1.807) is 0 Å². The van der Waals surface area contributed by atoms with Crippen molar-refractivity contribution >= 4 is 6.29 Å². The minimum atomic E-state index is 0.00887. The van der Waals surface area contributed by atoms with Gasteiger partial charge < -0.3 is 4.79 Å². The van der Waals surface area contributed by atoms with E-state index in [-0.39, 0.29) is 5.41 Å². The molecule has 1 fully saturated rings.